The minimum atomic E-state index is -0.238. The van der Waals surface area contributed by atoms with Crippen LogP contribution in [0, 0.1) is 95.6 Å². The van der Waals surface area contributed by atoms with Crippen LogP contribution in [0.15, 0.2) is 152 Å². The van der Waals surface area contributed by atoms with Crippen LogP contribution in [-0.4, -0.2) is 110 Å². The quantitative estimate of drug-likeness (QED) is 0.0655. The van der Waals surface area contributed by atoms with E-state index in [0.29, 0.717) is 108 Å². The van der Waals surface area contributed by atoms with Crippen molar-refractivity contribution in [3.05, 3.63) is 229 Å². The van der Waals surface area contributed by atoms with Gasteiger partial charge in [0.2, 0.25) is 0 Å². The zero-order valence-electron chi connectivity index (χ0n) is 77.8. The topological polar surface area (TPSA) is 270 Å². The minimum absolute atomic E-state index is 0.0248. The lowest BCUT2D eigenvalue weighted by molar-refractivity contribution is -0.196. The first kappa shape index (κ1) is 97.9. The van der Waals surface area contributed by atoms with Crippen molar-refractivity contribution in [3.63, 3.8) is 0 Å². The number of rotatable bonds is 21. The summed E-state index contributed by atoms with van der Waals surface area (Å²) < 4.78 is 25.0. The van der Waals surface area contributed by atoms with Crippen LogP contribution in [0.5, 0.6) is 23.0 Å². The summed E-state index contributed by atoms with van der Waals surface area (Å²) >= 11 is 18.4. The molecule has 0 spiro atoms. The van der Waals surface area contributed by atoms with Crippen molar-refractivity contribution < 1.29 is 38.1 Å². The van der Waals surface area contributed by atoms with Crippen LogP contribution >= 0.6 is 34.8 Å². The summed E-state index contributed by atoms with van der Waals surface area (Å²) in [4.78, 5) is 65.7. The second-order valence-corrected chi connectivity index (χ2v) is 42.8. The van der Waals surface area contributed by atoms with Crippen LogP contribution in [0.3, 0.4) is 0 Å². The third kappa shape index (κ3) is 22.6. The molecule has 666 valence electrons. The van der Waals surface area contributed by atoms with Gasteiger partial charge in [-0.1, -0.05) is 185 Å². The fourth-order valence-corrected chi connectivity index (χ4v) is 20.6. The molecule has 19 nitrogen and oxygen atoms in total. The molecule has 1 N–H and O–H groups in total. The van der Waals surface area contributed by atoms with E-state index in [0.717, 1.165) is 74.8 Å². The van der Waals surface area contributed by atoms with Crippen LogP contribution in [0.25, 0.3) is 0 Å². The van der Waals surface area contributed by atoms with Crippen molar-refractivity contribution in [2.75, 3.05) is 31.1 Å². The van der Waals surface area contributed by atoms with Gasteiger partial charge in [-0.05, 0) is 190 Å². The van der Waals surface area contributed by atoms with E-state index in [1.165, 1.54) is 5.56 Å². The summed E-state index contributed by atoms with van der Waals surface area (Å²) in [6, 6.07) is 50.2. The number of amides is 1. The highest BCUT2D eigenvalue weighted by Crippen LogP contribution is 2.64. The fourth-order valence-electron chi connectivity index (χ4n) is 19.9. The molecule has 13 rings (SSSR count). The molecule has 5 aromatic carbocycles. The maximum absolute atomic E-state index is 13.3. The molecular formula is C104H126Cl3N11O8. The van der Waals surface area contributed by atoms with Gasteiger partial charge < -0.3 is 29.2 Å². The normalized spacial score (nSPS) is 21.6. The van der Waals surface area contributed by atoms with Crippen molar-refractivity contribution in [1.29, 1.82) is 21.0 Å². The molecule has 0 bridgehead atoms. The van der Waals surface area contributed by atoms with Gasteiger partial charge in [0.1, 0.15) is 71.0 Å². The molecule has 1 saturated heterocycles. The number of ether oxygens (including phenoxy) is 4. The Kier molecular flexibility index (Phi) is 30.4. The number of nitrogens with zero attached hydrogens (tertiary/aromatic N) is 10. The maximum Gasteiger partial charge on any atom is 0.251 e. The predicted molar refractivity (Wildman–Crippen MR) is 499 cm³/mol. The van der Waals surface area contributed by atoms with Gasteiger partial charge in [0, 0.05) is 148 Å². The Hall–Kier alpha value is -10.3. The van der Waals surface area contributed by atoms with Crippen LogP contribution in [0.1, 0.15) is 291 Å². The molecule has 1 amide bonds. The van der Waals surface area contributed by atoms with E-state index in [4.69, 9.17) is 74.8 Å². The molecule has 126 heavy (non-hydrogen) atoms. The summed E-state index contributed by atoms with van der Waals surface area (Å²) in [7, 11) is 0. The predicted octanol–water partition coefficient (Wildman–Crippen LogP) is 23.6. The van der Waals surface area contributed by atoms with Crippen LogP contribution in [0.4, 0.5) is 5.82 Å². The zero-order chi connectivity index (χ0) is 92.8. The molecule has 4 saturated carbocycles. The van der Waals surface area contributed by atoms with Crippen molar-refractivity contribution in [3.8, 4) is 47.3 Å². The van der Waals surface area contributed by atoms with E-state index >= 15 is 0 Å². The van der Waals surface area contributed by atoms with Crippen LogP contribution < -0.4 is 29.2 Å². The number of anilines is 1. The van der Waals surface area contributed by atoms with Gasteiger partial charge in [-0.3, -0.25) is 29.1 Å². The number of benzene rings is 5. The molecule has 5 aliphatic rings. The van der Waals surface area contributed by atoms with E-state index in [2.05, 4.69) is 213 Å². The highest BCUT2D eigenvalue weighted by Gasteiger charge is 2.66. The van der Waals surface area contributed by atoms with Gasteiger partial charge >= 0.3 is 0 Å². The zero-order valence-corrected chi connectivity index (χ0v) is 80.0. The van der Waals surface area contributed by atoms with Gasteiger partial charge in [0.25, 0.3) is 5.91 Å². The lowest BCUT2D eigenvalue weighted by Crippen LogP contribution is -2.74. The number of halogens is 3. The Morgan fingerprint density at radius 1 is 0.460 bits per heavy atom. The third-order valence-corrected chi connectivity index (χ3v) is 27.7. The Morgan fingerprint density at radius 2 is 0.889 bits per heavy atom. The maximum atomic E-state index is 13.3. The first-order chi connectivity index (χ1) is 58.8. The summed E-state index contributed by atoms with van der Waals surface area (Å²) in [6.45, 7) is 53.3. The Balaban J connectivity index is 0.000000176. The van der Waals surface area contributed by atoms with Crippen LogP contribution in [-0.2, 0) is 10.8 Å². The van der Waals surface area contributed by atoms with Gasteiger partial charge in [-0.15, -0.1) is 5.10 Å². The minimum Gasteiger partial charge on any atom is -0.490 e. The Morgan fingerprint density at radius 3 is 1.27 bits per heavy atom. The molecule has 0 radical (unpaired) electrons. The van der Waals surface area contributed by atoms with E-state index in [1.807, 2.05) is 72.8 Å². The molecular weight excluding hydrogens is 1640 g/mol. The highest BCUT2D eigenvalue weighted by molar-refractivity contribution is 6.32. The third-order valence-electron chi connectivity index (χ3n) is 26.7. The number of nitriles is 4. The number of hydrogen-bond donors (Lipinski definition) is 1. The van der Waals surface area contributed by atoms with Gasteiger partial charge in [-0.25, -0.2) is 4.98 Å². The van der Waals surface area contributed by atoms with Crippen molar-refractivity contribution in [1.82, 2.24) is 30.4 Å². The number of carbonyl (C=O) groups is 4. The highest BCUT2D eigenvalue weighted by atomic mass is 35.5. The first-order valence-corrected chi connectivity index (χ1v) is 45.0. The molecule has 0 atom stereocenters. The van der Waals surface area contributed by atoms with E-state index in [9.17, 15) is 19.2 Å². The second kappa shape index (κ2) is 39.1. The molecule has 3 aromatic heterocycles. The summed E-state index contributed by atoms with van der Waals surface area (Å²) in [5.41, 5.74) is 6.34. The Bertz CT molecular complexity index is 5320. The number of nitrogens with one attached hydrogen (secondary N) is 1. The average molecular weight is 1760 g/mol. The fraction of sp³-hybridized carbons (Fsp3) is 0.500. The summed E-state index contributed by atoms with van der Waals surface area (Å²) in [6.07, 6.45) is 8.39. The summed E-state index contributed by atoms with van der Waals surface area (Å²) in [5, 5.41) is 48.8. The van der Waals surface area contributed by atoms with Crippen molar-refractivity contribution in [2.45, 2.75) is 257 Å². The van der Waals surface area contributed by atoms with E-state index < -0.39 is 0 Å². The lowest BCUT2D eigenvalue weighted by atomic mass is 9.44. The molecule has 0 unspecified atom stereocenters. The largest absolute Gasteiger partial charge is 0.490 e. The first-order valence-electron chi connectivity index (χ1n) is 43.9. The van der Waals surface area contributed by atoms with Gasteiger partial charge in [0.15, 0.2) is 17.3 Å². The monoisotopic (exact) mass is 1760 g/mol. The average Bonchev–Trinajstić information content (AvgIpc) is 0.715. The molecule has 4 heterocycles. The summed E-state index contributed by atoms with van der Waals surface area (Å²) in [5.74, 6) is 4.83. The number of hydrogen-bond acceptors (Lipinski definition) is 18. The number of pyridine rings is 2. The standard InChI is InChI=1S/C30H39ClN4O2.C26H31ClN2O2.C26H32N2O2.C22H24ClN3O2/c1-28(2,3)35-14-12-34(13-15-35)26-11-9-21(19-33-26)24(36)17-25-29(4,5)27(30(25,6)7)37-22-10-8-20(18-32)23(31)16-22;1-24(2,3)22-11-9-17(15-29-22)20(30)13-21-25(4,5)23(26(21,6)7)31-18-10-8-16(14-28)19(27)12-18;1-24(2,3)19-12-10-18(11-13-19)21(29)28-22-25(4,5)23(26(22,6)7)30-20-14-8-17(16-27)9-15-20;1-14(2)20-9-10-21(26-25-20)22(27)11-15-3-6-17(7-4-15)28-18-8-5-16(13-24)19(23)12-18/h8-11,16,19,25,27H,12-15,17H2,1-7H3;8-12,15,21,23H,13H2,1-7H3;8-15,22-23H,1-7H3,(H,28,29);5,8-10,12,14-15,17H,3-4,6-7,11H2,1-2H3. The molecule has 8 aromatic rings. The number of aromatic nitrogens is 4. The number of carbonyl (C=O) groups excluding carboxylic acids is 4. The molecule has 22 heteroatoms. The number of Topliss-reactive ketones (excluding diaryl/α,β-unsaturated/α-hetero) is 3. The van der Waals surface area contributed by atoms with Gasteiger partial charge in [-0.2, -0.15) is 26.1 Å². The molecule has 5 fully saturated rings. The Labute approximate surface area is 762 Å². The van der Waals surface area contributed by atoms with Crippen molar-refractivity contribution in [2.24, 2.45) is 50.2 Å². The second-order valence-electron chi connectivity index (χ2n) is 41.5. The smallest absolute Gasteiger partial charge is 0.251 e. The molecule has 1 aliphatic heterocycles. The van der Waals surface area contributed by atoms with E-state index in [1.54, 1.807) is 85.2 Å². The van der Waals surface area contributed by atoms with Gasteiger partial charge in [0.05, 0.1) is 55.2 Å². The SMILES string of the molecule is CC(C)(C)c1ccc(C(=O)CC2C(C)(C)C(Oc3ccc(C#N)c(Cl)c3)C2(C)C)cn1.CC(C)(C)c1ccc(C(=O)NC2C(C)(C)C(Oc3ccc(C#N)cc3)C2(C)C)cc1.CC(C)c1ccc(C(=O)CC2CCC(Oc3ccc(C#N)c(Cl)c3)CC2)nn1.CC1(C)C(CC(=O)c2ccc(N3CCN(C(C)(C)C)CC3)nc2)C(C)(C)C1Oc1ccc(C#N)c(Cl)c1. The van der Waals surface area contributed by atoms with E-state index in [-0.39, 0.29) is 114 Å². The van der Waals surface area contributed by atoms with Crippen LogP contribution in [0.2, 0.25) is 15.1 Å². The molecule has 4 aliphatic carbocycles. The number of piperazine rings is 1. The number of ketones is 3. The lowest BCUT2D eigenvalue weighted by Gasteiger charge is -2.63. The van der Waals surface area contributed by atoms with Crippen molar-refractivity contribution >= 4 is 63.9 Å².